The average molecular weight is 446 g/mol. The Balaban J connectivity index is 1.64. The summed E-state index contributed by atoms with van der Waals surface area (Å²) in [5.74, 6) is -0.546. The summed E-state index contributed by atoms with van der Waals surface area (Å²) in [4.78, 5) is 22.6. The lowest BCUT2D eigenvalue weighted by molar-refractivity contribution is -0.137. The average Bonchev–Trinajstić information content (AvgIpc) is 3.32. The van der Waals surface area contributed by atoms with Crippen LogP contribution in [0, 0.1) is 0 Å². The number of hydrogen-bond acceptors (Lipinski definition) is 6. The van der Waals surface area contributed by atoms with E-state index in [2.05, 4.69) is 20.4 Å². The van der Waals surface area contributed by atoms with Gasteiger partial charge in [-0.15, -0.1) is 0 Å². The van der Waals surface area contributed by atoms with E-state index in [0.29, 0.717) is 30.4 Å². The first kappa shape index (κ1) is 21.8. The highest BCUT2D eigenvalue weighted by atomic mass is 19.4. The third-order valence-corrected chi connectivity index (χ3v) is 5.20. The molecule has 3 aromatic rings. The molecule has 1 unspecified atom stereocenters. The first-order chi connectivity index (χ1) is 15.0. The Morgan fingerprint density at radius 2 is 2.06 bits per heavy atom. The number of hydrogen-bond donors (Lipinski definition) is 2. The maximum atomic E-state index is 13.6. The number of nitrogens with zero attached hydrogens (tertiary/aromatic N) is 5. The number of rotatable bonds is 4. The Kier molecular flexibility index (Phi) is 5.37. The van der Waals surface area contributed by atoms with Gasteiger partial charge < -0.3 is 15.3 Å². The molecule has 1 saturated heterocycles. The Morgan fingerprint density at radius 3 is 2.69 bits per heavy atom. The first-order valence-corrected chi connectivity index (χ1v) is 9.84. The summed E-state index contributed by atoms with van der Waals surface area (Å²) in [6.07, 6.45) is -0.271. The summed E-state index contributed by atoms with van der Waals surface area (Å²) in [5, 5.41) is 16.5. The molecule has 1 atom stereocenters. The Morgan fingerprint density at radius 1 is 1.28 bits per heavy atom. The highest BCUT2D eigenvalue weighted by Gasteiger charge is 2.37. The van der Waals surface area contributed by atoms with E-state index in [4.69, 9.17) is 0 Å². The number of aryl methyl sites for hydroxylation is 1. The molecule has 32 heavy (non-hydrogen) atoms. The van der Waals surface area contributed by atoms with Crippen molar-refractivity contribution in [3.63, 3.8) is 0 Å². The molecule has 0 spiro atoms. The first-order valence-electron chi connectivity index (χ1n) is 9.84. The number of aliphatic hydroxyl groups is 1. The van der Waals surface area contributed by atoms with Crippen LogP contribution < -0.4 is 10.2 Å². The molecule has 0 aromatic carbocycles. The van der Waals surface area contributed by atoms with Gasteiger partial charge in [-0.05, 0) is 25.5 Å². The lowest BCUT2D eigenvalue weighted by Crippen LogP contribution is -2.30. The van der Waals surface area contributed by atoms with Crippen molar-refractivity contribution in [1.29, 1.82) is 0 Å². The molecule has 4 rings (SSSR count). The minimum absolute atomic E-state index is 0.0399. The Labute approximate surface area is 181 Å². The fourth-order valence-electron chi connectivity index (χ4n) is 3.55. The van der Waals surface area contributed by atoms with E-state index in [1.165, 1.54) is 12.1 Å². The highest BCUT2D eigenvalue weighted by molar-refractivity contribution is 6.03. The van der Waals surface area contributed by atoms with Crippen LogP contribution in [0.4, 0.5) is 24.7 Å². The molecular formula is C21H21F3N6O2. The van der Waals surface area contributed by atoms with Gasteiger partial charge in [0, 0.05) is 44.2 Å². The zero-order valence-electron chi connectivity index (χ0n) is 17.4. The topological polar surface area (TPSA) is 96.2 Å². The predicted octanol–water partition coefficient (Wildman–Crippen LogP) is 3.11. The van der Waals surface area contributed by atoms with E-state index in [0.717, 1.165) is 0 Å². The van der Waals surface area contributed by atoms with Gasteiger partial charge in [0.15, 0.2) is 0 Å². The van der Waals surface area contributed by atoms with Gasteiger partial charge in [0.1, 0.15) is 11.5 Å². The zero-order chi connectivity index (χ0) is 23.1. The fraction of sp³-hybridized carbons (Fsp3) is 0.333. The van der Waals surface area contributed by atoms with Gasteiger partial charge in [-0.1, -0.05) is 6.07 Å². The number of alkyl halides is 3. The number of pyridine rings is 2. The molecule has 1 aliphatic rings. The van der Waals surface area contributed by atoms with Gasteiger partial charge in [0.2, 0.25) is 0 Å². The largest absolute Gasteiger partial charge is 0.419 e. The van der Waals surface area contributed by atoms with Crippen molar-refractivity contribution in [2.24, 2.45) is 7.05 Å². The molecule has 0 radical (unpaired) electrons. The van der Waals surface area contributed by atoms with Crippen LogP contribution in [0.1, 0.15) is 29.4 Å². The number of carbonyl (C=O) groups is 1. The second-order valence-corrected chi connectivity index (χ2v) is 8.02. The quantitative estimate of drug-likeness (QED) is 0.640. The van der Waals surface area contributed by atoms with Crippen LogP contribution in [0.25, 0.3) is 11.3 Å². The van der Waals surface area contributed by atoms with E-state index in [1.54, 1.807) is 48.1 Å². The lowest BCUT2D eigenvalue weighted by atomic mass is 10.1. The summed E-state index contributed by atoms with van der Waals surface area (Å²) in [6, 6.07) is 5.87. The number of nitrogens with one attached hydrogen (secondary N) is 1. The monoisotopic (exact) mass is 446 g/mol. The standard InChI is InChI=1S/C21H21F3N6O2/c1-20(32)6-7-30(12-20)18-8-17(14(10-25-18)21(22,23)24)28-19(31)16-5-3-4-15(27-16)13-9-26-29(2)11-13/h3-5,8-11,32H,6-7,12H2,1-2H3,(H,25,28,31). The van der Waals surface area contributed by atoms with Gasteiger partial charge >= 0.3 is 6.18 Å². The number of amides is 1. The molecule has 1 amide bonds. The molecule has 1 fully saturated rings. The van der Waals surface area contributed by atoms with E-state index < -0.39 is 28.9 Å². The van der Waals surface area contributed by atoms with Crippen LogP contribution in [0.2, 0.25) is 0 Å². The van der Waals surface area contributed by atoms with Crippen LogP contribution >= 0.6 is 0 Å². The summed E-state index contributed by atoms with van der Waals surface area (Å²) >= 11 is 0. The molecule has 3 aromatic heterocycles. The summed E-state index contributed by atoms with van der Waals surface area (Å²) in [5.41, 5.74) is -1.34. The molecule has 0 saturated carbocycles. The zero-order valence-corrected chi connectivity index (χ0v) is 17.4. The number of anilines is 2. The van der Waals surface area contributed by atoms with Crippen molar-refractivity contribution in [3.05, 3.63) is 54.1 Å². The molecule has 8 nitrogen and oxygen atoms in total. The van der Waals surface area contributed by atoms with Gasteiger partial charge in [-0.25, -0.2) is 9.97 Å². The smallest absolute Gasteiger partial charge is 0.388 e. The molecular weight excluding hydrogens is 425 g/mol. The van der Waals surface area contributed by atoms with Crippen LogP contribution in [-0.4, -0.2) is 49.5 Å². The van der Waals surface area contributed by atoms with E-state index in [-0.39, 0.29) is 18.1 Å². The third-order valence-electron chi connectivity index (χ3n) is 5.20. The van der Waals surface area contributed by atoms with Crippen molar-refractivity contribution in [3.8, 4) is 11.3 Å². The molecule has 11 heteroatoms. The second-order valence-electron chi connectivity index (χ2n) is 8.02. The molecule has 1 aliphatic heterocycles. The Bertz CT molecular complexity index is 1160. The molecule has 168 valence electrons. The fourth-order valence-corrected chi connectivity index (χ4v) is 3.55. The second kappa shape index (κ2) is 7.90. The summed E-state index contributed by atoms with van der Waals surface area (Å²) in [6.45, 7) is 2.32. The van der Waals surface area contributed by atoms with E-state index >= 15 is 0 Å². The van der Waals surface area contributed by atoms with Crippen LogP contribution in [-0.2, 0) is 13.2 Å². The molecule has 4 heterocycles. The summed E-state index contributed by atoms with van der Waals surface area (Å²) in [7, 11) is 1.74. The van der Waals surface area contributed by atoms with Crippen LogP contribution in [0.3, 0.4) is 0 Å². The predicted molar refractivity (Wildman–Crippen MR) is 111 cm³/mol. The number of carbonyl (C=O) groups excluding carboxylic acids is 1. The minimum atomic E-state index is -4.71. The van der Waals surface area contributed by atoms with Crippen LogP contribution in [0.5, 0.6) is 0 Å². The maximum absolute atomic E-state index is 13.6. The van der Waals surface area contributed by atoms with Crippen molar-refractivity contribution in [1.82, 2.24) is 19.7 Å². The lowest BCUT2D eigenvalue weighted by Gasteiger charge is -2.22. The molecule has 0 bridgehead atoms. The number of β-amino-alcohol motifs (C(OH)–C–C–N with tert-alkyl or cyclic N) is 1. The van der Waals surface area contributed by atoms with Crippen molar-refractivity contribution < 1.29 is 23.1 Å². The SMILES string of the molecule is Cn1cc(-c2cccc(C(=O)Nc3cc(N4CCC(C)(O)C4)ncc3C(F)(F)F)n2)cn1. The van der Waals surface area contributed by atoms with Crippen molar-refractivity contribution in [2.45, 2.75) is 25.1 Å². The van der Waals surface area contributed by atoms with Crippen molar-refractivity contribution in [2.75, 3.05) is 23.3 Å². The number of aromatic nitrogens is 4. The van der Waals surface area contributed by atoms with Crippen molar-refractivity contribution >= 4 is 17.4 Å². The molecule has 0 aliphatic carbocycles. The number of halogens is 3. The van der Waals surface area contributed by atoms with Crippen LogP contribution in [0.15, 0.2) is 42.9 Å². The van der Waals surface area contributed by atoms with Gasteiger partial charge in [-0.3, -0.25) is 9.48 Å². The van der Waals surface area contributed by atoms with Gasteiger partial charge in [0.05, 0.1) is 28.7 Å². The van der Waals surface area contributed by atoms with E-state index in [9.17, 15) is 23.1 Å². The highest BCUT2D eigenvalue weighted by Crippen LogP contribution is 2.37. The Hall–Kier alpha value is -3.47. The van der Waals surface area contributed by atoms with Gasteiger partial charge in [0.25, 0.3) is 5.91 Å². The normalized spacial score (nSPS) is 18.8. The molecule has 2 N–H and O–H groups in total. The maximum Gasteiger partial charge on any atom is 0.419 e. The minimum Gasteiger partial charge on any atom is -0.388 e. The van der Waals surface area contributed by atoms with Gasteiger partial charge in [-0.2, -0.15) is 18.3 Å². The summed E-state index contributed by atoms with van der Waals surface area (Å²) < 4.78 is 42.2. The third kappa shape index (κ3) is 4.57. The van der Waals surface area contributed by atoms with E-state index in [1.807, 2.05) is 0 Å².